The highest BCUT2D eigenvalue weighted by Crippen LogP contribution is 2.29. The zero-order chi connectivity index (χ0) is 11.1. The van der Waals surface area contributed by atoms with Crippen LogP contribution < -0.4 is 0 Å². The van der Waals surface area contributed by atoms with Crippen LogP contribution in [0.4, 0.5) is 0 Å². The van der Waals surface area contributed by atoms with Gasteiger partial charge in [-0.3, -0.25) is 4.79 Å². The maximum absolute atomic E-state index is 11.9. The molecule has 1 aromatic rings. The van der Waals surface area contributed by atoms with E-state index in [9.17, 15) is 13.2 Å². The van der Waals surface area contributed by atoms with Gasteiger partial charge in [-0.15, -0.1) is 0 Å². The smallest absolute Gasteiger partial charge is 0.268 e. The van der Waals surface area contributed by atoms with E-state index in [-0.39, 0.29) is 17.0 Å². The molecule has 0 fully saturated rings. The van der Waals surface area contributed by atoms with E-state index >= 15 is 0 Å². The summed E-state index contributed by atoms with van der Waals surface area (Å²) in [5, 5.41) is 0. The van der Waals surface area contributed by atoms with Crippen molar-refractivity contribution in [3.63, 3.8) is 0 Å². The van der Waals surface area contributed by atoms with E-state index in [1.807, 2.05) is 0 Å². The number of sulfonamides is 1. The molecule has 1 amide bonds. The van der Waals surface area contributed by atoms with E-state index in [4.69, 9.17) is 0 Å². The largest absolute Gasteiger partial charge is 0.269 e. The monoisotopic (exact) mass is 243 g/mol. The summed E-state index contributed by atoms with van der Waals surface area (Å²) >= 11 is 3.93. The fourth-order valence-corrected chi connectivity index (χ4v) is 3.45. The molecule has 15 heavy (non-hydrogen) atoms. The minimum Gasteiger partial charge on any atom is -0.268 e. The average molecular weight is 243 g/mol. The number of hydrogen-bond acceptors (Lipinski definition) is 4. The Morgan fingerprint density at radius 1 is 1.27 bits per heavy atom. The molecule has 0 spiro atoms. The third-order valence-corrected chi connectivity index (χ3v) is 4.26. The topological polar surface area (TPSA) is 54.5 Å². The quantitative estimate of drug-likeness (QED) is 0.780. The lowest BCUT2D eigenvalue weighted by Crippen LogP contribution is -2.31. The zero-order valence-electron chi connectivity index (χ0n) is 7.75. The maximum atomic E-state index is 11.9. The molecule has 1 heterocycles. The molecule has 1 aliphatic rings. The molecule has 0 bridgehead atoms. The lowest BCUT2D eigenvalue weighted by atomic mass is 10.2. The fraction of sp³-hybridized carbons (Fsp3) is 0.222. The standard InChI is InChI=1S/C9H9NO3S2/c11-9-7-3-1-2-4-8(7)15(12,13)10(9)5-6-14/h1-4,14H,5-6H2. The number of fused-ring (bicyclic) bond motifs is 1. The van der Waals surface area contributed by atoms with Crippen LogP contribution in [0, 0.1) is 0 Å². The summed E-state index contributed by atoms with van der Waals surface area (Å²) in [6.07, 6.45) is 0. The van der Waals surface area contributed by atoms with Crippen LogP contribution in [0.25, 0.3) is 0 Å². The molecule has 0 unspecified atom stereocenters. The lowest BCUT2D eigenvalue weighted by molar-refractivity contribution is 0.0876. The van der Waals surface area contributed by atoms with E-state index < -0.39 is 15.9 Å². The Bertz CT molecular complexity index is 510. The molecule has 0 aliphatic carbocycles. The molecular weight excluding hydrogens is 234 g/mol. The number of thiol groups is 1. The van der Waals surface area contributed by atoms with Gasteiger partial charge >= 0.3 is 0 Å². The molecule has 0 radical (unpaired) electrons. The fourth-order valence-electron chi connectivity index (χ4n) is 1.54. The first-order chi connectivity index (χ1) is 7.09. The van der Waals surface area contributed by atoms with Crippen molar-refractivity contribution in [2.24, 2.45) is 0 Å². The van der Waals surface area contributed by atoms with E-state index in [0.717, 1.165) is 4.31 Å². The summed E-state index contributed by atoms with van der Waals surface area (Å²) in [5.74, 6) is -0.140. The zero-order valence-corrected chi connectivity index (χ0v) is 9.46. The van der Waals surface area contributed by atoms with Crippen LogP contribution in [0.15, 0.2) is 29.2 Å². The van der Waals surface area contributed by atoms with Crippen molar-refractivity contribution in [2.75, 3.05) is 12.3 Å². The Labute approximate surface area is 93.4 Å². The minimum absolute atomic E-state index is 0.0942. The molecule has 2 rings (SSSR count). The molecule has 1 aromatic carbocycles. The number of hydrogen-bond donors (Lipinski definition) is 1. The molecule has 4 nitrogen and oxygen atoms in total. The third kappa shape index (κ3) is 1.44. The van der Waals surface area contributed by atoms with Gasteiger partial charge in [-0.2, -0.15) is 12.6 Å². The Kier molecular flexibility index (Phi) is 2.47. The normalized spacial score (nSPS) is 17.9. The predicted molar refractivity (Wildman–Crippen MR) is 58.5 cm³/mol. The van der Waals surface area contributed by atoms with Crippen molar-refractivity contribution < 1.29 is 13.2 Å². The van der Waals surface area contributed by atoms with E-state index in [1.165, 1.54) is 12.1 Å². The van der Waals surface area contributed by atoms with Crippen LogP contribution in [0.5, 0.6) is 0 Å². The molecule has 0 saturated heterocycles. The first kappa shape index (κ1) is 10.5. The van der Waals surface area contributed by atoms with Crippen LogP contribution in [-0.2, 0) is 10.0 Å². The van der Waals surface area contributed by atoms with Crippen LogP contribution in [0.3, 0.4) is 0 Å². The van der Waals surface area contributed by atoms with Crippen molar-refractivity contribution >= 4 is 28.6 Å². The molecule has 0 aromatic heterocycles. The summed E-state index contributed by atoms with van der Waals surface area (Å²) in [6, 6.07) is 6.22. The van der Waals surface area contributed by atoms with Crippen LogP contribution in [-0.4, -0.2) is 30.9 Å². The van der Waals surface area contributed by atoms with Gasteiger partial charge in [-0.05, 0) is 12.1 Å². The van der Waals surface area contributed by atoms with E-state index in [0.29, 0.717) is 5.75 Å². The Morgan fingerprint density at radius 2 is 1.93 bits per heavy atom. The number of carbonyl (C=O) groups excluding carboxylic acids is 1. The molecular formula is C9H9NO3S2. The Hall–Kier alpha value is -1.01. The number of nitrogens with zero attached hydrogens (tertiary/aromatic N) is 1. The highest BCUT2D eigenvalue weighted by Gasteiger charge is 2.39. The molecule has 6 heteroatoms. The van der Waals surface area contributed by atoms with Gasteiger partial charge in [0, 0.05) is 12.3 Å². The summed E-state index contributed by atoms with van der Waals surface area (Å²) in [4.78, 5) is 11.8. The van der Waals surface area contributed by atoms with Crippen LogP contribution >= 0.6 is 12.6 Å². The summed E-state index contributed by atoms with van der Waals surface area (Å²) in [6.45, 7) is 0.110. The highest BCUT2D eigenvalue weighted by molar-refractivity contribution is 7.90. The lowest BCUT2D eigenvalue weighted by Gasteiger charge is -2.12. The van der Waals surface area contributed by atoms with Crippen LogP contribution in [0.2, 0.25) is 0 Å². The van der Waals surface area contributed by atoms with Crippen molar-refractivity contribution in [1.82, 2.24) is 4.31 Å². The number of carbonyl (C=O) groups is 1. The van der Waals surface area contributed by atoms with Crippen molar-refractivity contribution in [1.29, 1.82) is 0 Å². The van der Waals surface area contributed by atoms with Gasteiger partial charge in [0.2, 0.25) is 0 Å². The third-order valence-electron chi connectivity index (χ3n) is 2.22. The Morgan fingerprint density at radius 3 is 2.53 bits per heavy atom. The number of benzene rings is 1. The van der Waals surface area contributed by atoms with Crippen molar-refractivity contribution in [3.05, 3.63) is 29.8 Å². The van der Waals surface area contributed by atoms with Gasteiger partial charge in [-0.1, -0.05) is 12.1 Å². The second-order valence-corrected chi connectivity index (χ2v) is 5.38. The minimum atomic E-state index is -3.62. The average Bonchev–Trinajstić information content (AvgIpc) is 2.41. The summed E-state index contributed by atoms with van der Waals surface area (Å²) in [5.41, 5.74) is 0.249. The van der Waals surface area contributed by atoms with Crippen molar-refractivity contribution in [2.45, 2.75) is 4.90 Å². The number of amides is 1. The molecule has 0 N–H and O–H groups in total. The second-order valence-electron chi connectivity index (χ2n) is 3.10. The maximum Gasteiger partial charge on any atom is 0.269 e. The molecule has 1 aliphatic heterocycles. The summed E-state index contributed by atoms with van der Waals surface area (Å²) < 4.78 is 24.6. The first-order valence-corrected chi connectivity index (χ1v) is 6.43. The predicted octanol–water partition coefficient (Wildman–Crippen LogP) is 0.761. The van der Waals surface area contributed by atoms with Gasteiger partial charge in [0.25, 0.3) is 15.9 Å². The second kappa shape index (κ2) is 3.53. The van der Waals surface area contributed by atoms with Gasteiger partial charge in [0.1, 0.15) is 4.90 Å². The van der Waals surface area contributed by atoms with Crippen molar-refractivity contribution in [3.8, 4) is 0 Å². The van der Waals surface area contributed by atoms with Crippen LogP contribution in [0.1, 0.15) is 10.4 Å². The Balaban J connectivity index is 2.60. The summed E-state index contributed by atoms with van der Waals surface area (Å²) in [7, 11) is -3.62. The molecule has 80 valence electrons. The van der Waals surface area contributed by atoms with Gasteiger partial charge in [0.05, 0.1) is 5.56 Å². The van der Waals surface area contributed by atoms with Gasteiger partial charge < -0.3 is 0 Å². The van der Waals surface area contributed by atoms with Gasteiger partial charge in [0.15, 0.2) is 0 Å². The first-order valence-electron chi connectivity index (χ1n) is 4.36. The molecule has 0 saturated carbocycles. The number of rotatable bonds is 2. The van der Waals surface area contributed by atoms with E-state index in [2.05, 4.69) is 12.6 Å². The highest BCUT2D eigenvalue weighted by atomic mass is 32.2. The van der Waals surface area contributed by atoms with Gasteiger partial charge in [-0.25, -0.2) is 12.7 Å². The van der Waals surface area contributed by atoms with E-state index in [1.54, 1.807) is 12.1 Å². The molecule has 0 atom stereocenters. The SMILES string of the molecule is O=C1c2ccccc2S(=O)(=O)N1CCS.